The van der Waals surface area contributed by atoms with E-state index in [2.05, 4.69) is 10.1 Å². The van der Waals surface area contributed by atoms with Gasteiger partial charge >= 0.3 is 0 Å². The highest BCUT2D eigenvalue weighted by Crippen LogP contribution is 2.25. The summed E-state index contributed by atoms with van der Waals surface area (Å²) in [6.07, 6.45) is 0.812. The summed E-state index contributed by atoms with van der Waals surface area (Å²) in [6, 6.07) is 5.70. The average Bonchev–Trinajstić information content (AvgIpc) is 2.79. The second-order valence-corrected chi connectivity index (χ2v) is 5.17. The van der Waals surface area contributed by atoms with Crippen LogP contribution >= 0.6 is 0 Å². The number of benzene rings is 1. The van der Waals surface area contributed by atoms with Crippen molar-refractivity contribution in [2.24, 2.45) is 16.0 Å². The Morgan fingerprint density at radius 3 is 2.73 bits per heavy atom. The van der Waals surface area contributed by atoms with Crippen molar-refractivity contribution in [3.05, 3.63) is 30.1 Å². The van der Waals surface area contributed by atoms with E-state index in [1.807, 2.05) is 6.92 Å². The van der Waals surface area contributed by atoms with Crippen LogP contribution in [0.5, 0.6) is 0 Å². The summed E-state index contributed by atoms with van der Waals surface area (Å²) in [5, 5.41) is 5.60. The number of hydrogen-bond acceptors (Lipinski definition) is 4. The molecule has 5 nitrogen and oxygen atoms in total. The maximum Gasteiger partial charge on any atom is 0.261 e. The number of ether oxygens (including phenoxy) is 1. The smallest absolute Gasteiger partial charge is 0.261 e. The highest BCUT2D eigenvalue weighted by molar-refractivity contribution is 6.27. The van der Waals surface area contributed by atoms with Crippen LogP contribution in [0.25, 0.3) is 0 Å². The van der Waals surface area contributed by atoms with Crippen molar-refractivity contribution in [1.82, 2.24) is 0 Å². The van der Waals surface area contributed by atoms with Crippen LogP contribution in [0.4, 0.5) is 10.1 Å². The zero-order valence-electron chi connectivity index (χ0n) is 13.0. The second kappa shape index (κ2) is 7.26. The van der Waals surface area contributed by atoms with Crippen molar-refractivity contribution in [2.75, 3.05) is 25.3 Å². The average molecular weight is 305 g/mol. The molecule has 0 unspecified atom stereocenters. The fraction of sp³-hybridized carbons (Fsp3) is 0.438. The van der Waals surface area contributed by atoms with Gasteiger partial charge in [-0.25, -0.2) is 4.39 Å². The van der Waals surface area contributed by atoms with E-state index in [0.717, 1.165) is 12.1 Å². The molecule has 6 heteroatoms. The number of aliphatic imine (C=N–C) groups is 1. The molecule has 0 aromatic heterocycles. The summed E-state index contributed by atoms with van der Waals surface area (Å²) in [4.78, 5) is 17.0. The first-order valence-corrected chi connectivity index (χ1v) is 7.19. The number of hydrazone groups is 1. The van der Waals surface area contributed by atoms with E-state index in [1.165, 1.54) is 29.3 Å². The highest BCUT2D eigenvalue weighted by Gasteiger charge is 2.36. The minimum Gasteiger partial charge on any atom is -0.385 e. The number of nitrogens with zero attached hydrogens (tertiary/aromatic N) is 3. The van der Waals surface area contributed by atoms with Crippen molar-refractivity contribution in [3.8, 4) is 0 Å². The first-order valence-electron chi connectivity index (χ1n) is 7.19. The minimum absolute atomic E-state index is 0.155. The lowest BCUT2D eigenvalue weighted by Crippen LogP contribution is -2.31. The number of anilines is 1. The Labute approximate surface area is 129 Å². The molecule has 0 bridgehead atoms. The van der Waals surface area contributed by atoms with Gasteiger partial charge in [-0.3, -0.25) is 9.79 Å². The standard InChI is InChI=1S/C16H20FN3O2/c1-11(18-9-4-10-22-3)15-12(2)19-20(16(15)21)14-7-5-13(17)6-8-14/h5-8,15H,4,9-10H2,1-3H3/t15-/m1/s1. The van der Waals surface area contributed by atoms with E-state index >= 15 is 0 Å². The van der Waals surface area contributed by atoms with Crippen LogP contribution in [0.1, 0.15) is 20.3 Å². The van der Waals surface area contributed by atoms with Gasteiger partial charge in [-0.05, 0) is 44.5 Å². The second-order valence-electron chi connectivity index (χ2n) is 5.17. The Bertz CT molecular complexity index is 596. The molecule has 1 aliphatic heterocycles. The Kier molecular flexibility index (Phi) is 5.38. The molecule has 2 rings (SSSR count). The van der Waals surface area contributed by atoms with Crippen molar-refractivity contribution in [3.63, 3.8) is 0 Å². The van der Waals surface area contributed by atoms with E-state index in [4.69, 9.17) is 4.74 Å². The molecule has 0 fully saturated rings. The molecular formula is C16H20FN3O2. The van der Waals surface area contributed by atoms with Crippen LogP contribution in [0.2, 0.25) is 0 Å². The van der Waals surface area contributed by atoms with Crippen LogP contribution in [0.15, 0.2) is 34.4 Å². The number of amides is 1. The summed E-state index contributed by atoms with van der Waals surface area (Å²) in [5.74, 6) is -0.937. The van der Waals surface area contributed by atoms with Gasteiger partial charge in [0.25, 0.3) is 5.91 Å². The van der Waals surface area contributed by atoms with E-state index in [9.17, 15) is 9.18 Å². The Balaban J connectivity index is 2.11. The van der Waals surface area contributed by atoms with Gasteiger partial charge in [0.15, 0.2) is 0 Å². The number of carbonyl (C=O) groups excluding carboxylic acids is 1. The molecule has 0 N–H and O–H groups in total. The molecule has 1 amide bonds. The minimum atomic E-state index is -0.437. The van der Waals surface area contributed by atoms with Crippen LogP contribution < -0.4 is 5.01 Å². The molecule has 0 aliphatic carbocycles. The zero-order valence-corrected chi connectivity index (χ0v) is 13.0. The van der Waals surface area contributed by atoms with Gasteiger partial charge in [0.1, 0.15) is 11.7 Å². The lowest BCUT2D eigenvalue weighted by atomic mass is 9.99. The predicted molar refractivity (Wildman–Crippen MR) is 85.0 cm³/mol. The Hall–Kier alpha value is -2.08. The van der Waals surface area contributed by atoms with Crippen molar-refractivity contribution in [2.45, 2.75) is 20.3 Å². The molecular weight excluding hydrogens is 285 g/mol. The monoisotopic (exact) mass is 305 g/mol. The van der Waals surface area contributed by atoms with E-state index < -0.39 is 5.92 Å². The van der Waals surface area contributed by atoms with Gasteiger partial charge in [0, 0.05) is 26.0 Å². The van der Waals surface area contributed by atoms with Crippen molar-refractivity contribution in [1.29, 1.82) is 0 Å². The van der Waals surface area contributed by atoms with E-state index in [-0.39, 0.29) is 11.7 Å². The summed E-state index contributed by atoms with van der Waals surface area (Å²) in [5.41, 5.74) is 2.00. The Morgan fingerprint density at radius 2 is 2.09 bits per heavy atom. The van der Waals surface area contributed by atoms with Crippen molar-refractivity contribution >= 4 is 23.0 Å². The SMILES string of the molecule is COCCCN=C(C)[C@H]1C(=O)N(c2ccc(F)cc2)N=C1C. The Morgan fingerprint density at radius 1 is 1.41 bits per heavy atom. The van der Waals surface area contributed by atoms with Gasteiger partial charge in [0.2, 0.25) is 0 Å². The molecule has 0 saturated carbocycles. The predicted octanol–water partition coefficient (Wildman–Crippen LogP) is 2.66. The summed E-state index contributed by atoms with van der Waals surface area (Å²) >= 11 is 0. The normalized spacial score (nSPS) is 18.8. The summed E-state index contributed by atoms with van der Waals surface area (Å²) in [7, 11) is 1.65. The zero-order chi connectivity index (χ0) is 16.1. The maximum atomic E-state index is 13.0. The third-order valence-electron chi connectivity index (χ3n) is 3.49. The molecule has 1 heterocycles. The van der Waals surface area contributed by atoms with Crippen molar-refractivity contribution < 1.29 is 13.9 Å². The van der Waals surface area contributed by atoms with Crippen LogP contribution in [-0.4, -0.2) is 37.6 Å². The fourth-order valence-electron chi connectivity index (χ4n) is 2.37. The largest absolute Gasteiger partial charge is 0.385 e. The molecule has 1 aromatic rings. The number of hydrogen-bond donors (Lipinski definition) is 0. The molecule has 0 radical (unpaired) electrons. The summed E-state index contributed by atoms with van der Waals surface area (Å²) < 4.78 is 18.0. The number of methoxy groups -OCH3 is 1. The van der Waals surface area contributed by atoms with E-state index in [0.29, 0.717) is 24.6 Å². The van der Waals surface area contributed by atoms with Gasteiger partial charge in [0.05, 0.1) is 11.4 Å². The molecule has 22 heavy (non-hydrogen) atoms. The first-order chi connectivity index (χ1) is 10.5. The summed E-state index contributed by atoms with van der Waals surface area (Å²) in [6.45, 7) is 4.90. The quantitative estimate of drug-likeness (QED) is 0.599. The topological polar surface area (TPSA) is 54.3 Å². The number of rotatable bonds is 6. The first kappa shape index (κ1) is 16.3. The van der Waals surface area contributed by atoms with Crippen LogP contribution in [-0.2, 0) is 9.53 Å². The third kappa shape index (κ3) is 3.57. The molecule has 0 saturated heterocycles. The van der Waals surface area contributed by atoms with Crippen LogP contribution in [0.3, 0.4) is 0 Å². The fourth-order valence-corrected chi connectivity index (χ4v) is 2.37. The van der Waals surface area contributed by atoms with Gasteiger partial charge in [-0.15, -0.1) is 0 Å². The maximum absolute atomic E-state index is 13.0. The molecule has 1 atom stereocenters. The highest BCUT2D eigenvalue weighted by atomic mass is 19.1. The lowest BCUT2D eigenvalue weighted by molar-refractivity contribution is -0.118. The van der Waals surface area contributed by atoms with Crippen LogP contribution in [0, 0.1) is 11.7 Å². The van der Waals surface area contributed by atoms with Gasteiger partial charge < -0.3 is 4.74 Å². The van der Waals surface area contributed by atoms with Gasteiger partial charge in [-0.1, -0.05) is 0 Å². The van der Waals surface area contributed by atoms with Gasteiger partial charge in [-0.2, -0.15) is 10.1 Å². The van der Waals surface area contributed by atoms with E-state index in [1.54, 1.807) is 14.0 Å². The third-order valence-corrected chi connectivity index (χ3v) is 3.49. The molecule has 1 aliphatic rings. The number of halogens is 1. The molecule has 0 spiro atoms. The lowest BCUT2D eigenvalue weighted by Gasteiger charge is -2.14. The molecule has 1 aromatic carbocycles. The molecule has 118 valence electrons. The number of carbonyl (C=O) groups is 1.